The van der Waals surface area contributed by atoms with Crippen molar-refractivity contribution in [1.82, 2.24) is 0 Å². The molecule has 4 heteroatoms. The van der Waals surface area contributed by atoms with Crippen molar-refractivity contribution in [3.63, 3.8) is 0 Å². The molecule has 0 fully saturated rings. The van der Waals surface area contributed by atoms with Crippen LogP contribution in [0.5, 0.6) is 5.75 Å². The third-order valence-corrected chi connectivity index (χ3v) is 3.17. The second-order valence-electron chi connectivity index (χ2n) is 4.05. The molecule has 2 N–H and O–H groups in total. The number of aliphatic hydroxyl groups is 1. The molecule has 96 valence electrons. The molecule has 0 aliphatic heterocycles. The highest BCUT2D eigenvalue weighted by Gasteiger charge is 2.07. The van der Waals surface area contributed by atoms with E-state index >= 15 is 0 Å². The number of benzene rings is 2. The van der Waals surface area contributed by atoms with E-state index in [4.69, 9.17) is 16.3 Å². The zero-order chi connectivity index (χ0) is 13.0. The Labute approximate surface area is 111 Å². The standard InChI is InChI=1S/C14H16ClNO2/c1-18-14-7-6-13(16-9-10(17)8-15)11-4-2-3-5-12(11)14/h2-7,10,16-17H,8-9H2,1H3. The van der Waals surface area contributed by atoms with Crippen LogP contribution in [0.3, 0.4) is 0 Å². The maximum absolute atomic E-state index is 9.47. The summed E-state index contributed by atoms with van der Waals surface area (Å²) in [4.78, 5) is 0. The van der Waals surface area contributed by atoms with Gasteiger partial charge in [-0.05, 0) is 12.1 Å². The third-order valence-electron chi connectivity index (χ3n) is 2.81. The lowest BCUT2D eigenvalue weighted by Gasteiger charge is -2.14. The number of rotatable bonds is 5. The van der Waals surface area contributed by atoms with Gasteiger partial charge in [-0.2, -0.15) is 0 Å². The summed E-state index contributed by atoms with van der Waals surface area (Å²) in [6.45, 7) is 0.430. The fraction of sp³-hybridized carbons (Fsp3) is 0.286. The molecule has 0 aliphatic rings. The summed E-state index contributed by atoms with van der Waals surface area (Å²) < 4.78 is 5.33. The minimum absolute atomic E-state index is 0.223. The summed E-state index contributed by atoms with van der Waals surface area (Å²) >= 11 is 5.57. The van der Waals surface area contributed by atoms with E-state index < -0.39 is 6.10 Å². The number of hydrogen-bond acceptors (Lipinski definition) is 3. The number of methoxy groups -OCH3 is 1. The predicted octanol–water partition coefficient (Wildman–Crippen LogP) is 2.86. The summed E-state index contributed by atoms with van der Waals surface area (Å²) in [6.07, 6.45) is -0.549. The zero-order valence-corrected chi connectivity index (χ0v) is 10.9. The molecule has 0 radical (unpaired) electrons. The van der Waals surface area contributed by atoms with Gasteiger partial charge in [0.15, 0.2) is 0 Å². The molecule has 0 saturated carbocycles. The lowest BCUT2D eigenvalue weighted by molar-refractivity contribution is 0.211. The Kier molecular flexibility index (Phi) is 4.28. The molecule has 1 atom stereocenters. The summed E-state index contributed by atoms with van der Waals surface area (Å²) in [5.41, 5.74) is 0.968. The molecule has 2 aromatic carbocycles. The average Bonchev–Trinajstić information content (AvgIpc) is 2.44. The molecule has 0 aromatic heterocycles. The third kappa shape index (κ3) is 2.68. The molecule has 0 spiro atoms. The highest BCUT2D eigenvalue weighted by molar-refractivity contribution is 6.18. The van der Waals surface area contributed by atoms with Crippen LogP contribution < -0.4 is 10.1 Å². The van der Waals surface area contributed by atoms with Crippen molar-refractivity contribution >= 4 is 28.1 Å². The maximum atomic E-state index is 9.47. The highest BCUT2D eigenvalue weighted by Crippen LogP contribution is 2.31. The average molecular weight is 266 g/mol. The van der Waals surface area contributed by atoms with Gasteiger partial charge in [-0.1, -0.05) is 24.3 Å². The molecule has 1 unspecified atom stereocenters. The van der Waals surface area contributed by atoms with Crippen LogP contribution in [-0.4, -0.2) is 30.7 Å². The summed E-state index contributed by atoms with van der Waals surface area (Å²) in [5, 5.41) is 14.8. The SMILES string of the molecule is COc1ccc(NCC(O)CCl)c2ccccc12. The first-order valence-electron chi connectivity index (χ1n) is 5.80. The zero-order valence-electron chi connectivity index (χ0n) is 10.2. The molecule has 2 rings (SSSR count). The van der Waals surface area contributed by atoms with Gasteiger partial charge in [-0.25, -0.2) is 0 Å². The number of ether oxygens (including phenoxy) is 1. The van der Waals surface area contributed by atoms with E-state index in [0.29, 0.717) is 6.54 Å². The Hall–Kier alpha value is -1.45. The van der Waals surface area contributed by atoms with Crippen molar-refractivity contribution in [2.24, 2.45) is 0 Å². The van der Waals surface area contributed by atoms with E-state index in [9.17, 15) is 5.11 Å². The van der Waals surface area contributed by atoms with Crippen molar-refractivity contribution in [2.75, 3.05) is 24.9 Å². The number of hydrogen-bond donors (Lipinski definition) is 2. The van der Waals surface area contributed by atoms with Gasteiger partial charge in [-0.3, -0.25) is 0 Å². The fourth-order valence-corrected chi connectivity index (χ4v) is 2.00. The van der Waals surface area contributed by atoms with E-state index in [0.717, 1.165) is 22.2 Å². The van der Waals surface area contributed by atoms with Gasteiger partial charge in [0, 0.05) is 23.0 Å². The number of nitrogens with one attached hydrogen (secondary N) is 1. The Balaban J connectivity index is 2.34. The number of anilines is 1. The number of fused-ring (bicyclic) bond motifs is 1. The van der Waals surface area contributed by atoms with Crippen LogP contribution in [0.4, 0.5) is 5.69 Å². The first-order valence-corrected chi connectivity index (χ1v) is 6.33. The maximum Gasteiger partial charge on any atom is 0.126 e. The molecule has 0 bridgehead atoms. The molecule has 0 saturated heterocycles. The fourth-order valence-electron chi connectivity index (χ4n) is 1.89. The van der Waals surface area contributed by atoms with Crippen LogP contribution in [0.2, 0.25) is 0 Å². The van der Waals surface area contributed by atoms with Crippen molar-refractivity contribution in [2.45, 2.75) is 6.10 Å². The predicted molar refractivity (Wildman–Crippen MR) is 75.7 cm³/mol. The molecule has 0 aliphatic carbocycles. The molecular formula is C14H16ClNO2. The van der Waals surface area contributed by atoms with Gasteiger partial charge in [0.2, 0.25) is 0 Å². The monoisotopic (exact) mass is 265 g/mol. The van der Waals surface area contributed by atoms with Crippen LogP contribution >= 0.6 is 11.6 Å². The first kappa shape index (κ1) is 13.0. The van der Waals surface area contributed by atoms with Crippen molar-refractivity contribution in [1.29, 1.82) is 0 Å². The minimum atomic E-state index is -0.549. The number of aliphatic hydroxyl groups excluding tert-OH is 1. The van der Waals surface area contributed by atoms with Crippen LogP contribution in [-0.2, 0) is 0 Å². The minimum Gasteiger partial charge on any atom is -0.496 e. The molecule has 2 aromatic rings. The molecule has 0 heterocycles. The van der Waals surface area contributed by atoms with Gasteiger partial charge in [0.25, 0.3) is 0 Å². The summed E-state index contributed by atoms with van der Waals surface area (Å²) in [6, 6.07) is 11.8. The lowest BCUT2D eigenvalue weighted by atomic mass is 10.1. The van der Waals surface area contributed by atoms with Crippen LogP contribution in [0.25, 0.3) is 10.8 Å². The summed E-state index contributed by atoms with van der Waals surface area (Å²) in [7, 11) is 1.66. The van der Waals surface area contributed by atoms with Crippen LogP contribution in [0.15, 0.2) is 36.4 Å². The molecule has 0 amide bonds. The highest BCUT2D eigenvalue weighted by atomic mass is 35.5. The molecule has 3 nitrogen and oxygen atoms in total. The van der Waals surface area contributed by atoms with Gasteiger partial charge < -0.3 is 15.2 Å². The Morgan fingerprint density at radius 2 is 1.94 bits per heavy atom. The normalized spacial score (nSPS) is 12.4. The quantitative estimate of drug-likeness (QED) is 0.817. The van der Waals surface area contributed by atoms with Gasteiger partial charge in [-0.15, -0.1) is 11.6 Å². The van der Waals surface area contributed by atoms with E-state index in [1.807, 2.05) is 36.4 Å². The van der Waals surface area contributed by atoms with Crippen molar-refractivity contribution in [3.8, 4) is 5.75 Å². The van der Waals surface area contributed by atoms with E-state index in [1.54, 1.807) is 7.11 Å². The Bertz CT molecular complexity index is 530. The van der Waals surface area contributed by atoms with E-state index in [1.165, 1.54) is 0 Å². The lowest BCUT2D eigenvalue weighted by Crippen LogP contribution is -2.20. The summed E-state index contributed by atoms with van der Waals surface area (Å²) in [5.74, 6) is 1.07. The smallest absolute Gasteiger partial charge is 0.126 e. The van der Waals surface area contributed by atoms with E-state index in [-0.39, 0.29) is 5.88 Å². The number of alkyl halides is 1. The van der Waals surface area contributed by atoms with Crippen LogP contribution in [0.1, 0.15) is 0 Å². The van der Waals surface area contributed by atoms with Gasteiger partial charge in [0.1, 0.15) is 5.75 Å². The Morgan fingerprint density at radius 1 is 1.22 bits per heavy atom. The van der Waals surface area contributed by atoms with E-state index in [2.05, 4.69) is 5.32 Å². The first-order chi connectivity index (χ1) is 8.76. The molecule has 18 heavy (non-hydrogen) atoms. The van der Waals surface area contributed by atoms with Crippen molar-refractivity contribution < 1.29 is 9.84 Å². The second kappa shape index (κ2) is 5.94. The Morgan fingerprint density at radius 3 is 2.61 bits per heavy atom. The largest absolute Gasteiger partial charge is 0.496 e. The second-order valence-corrected chi connectivity index (χ2v) is 4.36. The van der Waals surface area contributed by atoms with Gasteiger partial charge >= 0.3 is 0 Å². The topological polar surface area (TPSA) is 41.5 Å². The van der Waals surface area contributed by atoms with Crippen molar-refractivity contribution in [3.05, 3.63) is 36.4 Å². The van der Waals surface area contributed by atoms with Gasteiger partial charge in [0.05, 0.1) is 19.1 Å². The van der Waals surface area contributed by atoms with Crippen LogP contribution in [0, 0.1) is 0 Å². The number of halogens is 1. The molecular weight excluding hydrogens is 250 g/mol.